The van der Waals surface area contributed by atoms with Crippen molar-refractivity contribution in [3.8, 4) is 0 Å². The number of aromatic nitrogens is 1. The molecule has 0 unspecified atom stereocenters. The summed E-state index contributed by atoms with van der Waals surface area (Å²) in [7, 11) is 0. The molecule has 6 nitrogen and oxygen atoms in total. The number of hydrogen-bond acceptors (Lipinski definition) is 4. The van der Waals surface area contributed by atoms with E-state index in [2.05, 4.69) is 22.1 Å². The van der Waals surface area contributed by atoms with Gasteiger partial charge in [-0.1, -0.05) is 13.0 Å². The van der Waals surface area contributed by atoms with Gasteiger partial charge in [0.1, 0.15) is 5.82 Å². The molecule has 0 atom stereocenters. The molecular weight excluding hydrogens is 304 g/mol. The number of rotatable bonds is 7. The summed E-state index contributed by atoms with van der Waals surface area (Å²) in [6, 6.07) is 4.02. The summed E-state index contributed by atoms with van der Waals surface area (Å²) < 4.78 is 5.41. The van der Waals surface area contributed by atoms with Gasteiger partial charge < -0.3 is 19.9 Å². The van der Waals surface area contributed by atoms with Crippen LogP contribution in [0, 0.1) is 5.92 Å². The predicted molar refractivity (Wildman–Crippen MR) is 94.1 cm³/mol. The van der Waals surface area contributed by atoms with E-state index in [-0.39, 0.29) is 6.03 Å². The average Bonchev–Trinajstić information content (AvgIpc) is 3.44. The number of hydrogen-bond donors (Lipinski definition) is 1. The van der Waals surface area contributed by atoms with E-state index in [0.717, 1.165) is 57.2 Å². The van der Waals surface area contributed by atoms with Gasteiger partial charge in [-0.2, -0.15) is 0 Å². The van der Waals surface area contributed by atoms with E-state index in [1.165, 1.54) is 12.8 Å². The number of nitrogens with zero attached hydrogens (tertiary/aromatic N) is 3. The van der Waals surface area contributed by atoms with Crippen molar-refractivity contribution in [3.63, 3.8) is 0 Å². The third-order valence-corrected chi connectivity index (χ3v) is 4.56. The van der Waals surface area contributed by atoms with E-state index < -0.39 is 0 Å². The van der Waals surface area contributed by atoms with Crippen LogP contribution in [0.5, 0.6) is 0 Å². The normalized spacial score (nSPS) is 17.6. The molecular formula is C18H28N4O2. The number of amides is 2. The Morgan fingerprint density at radius 1 is 1.42 bits per heavy atom. The van der Waals surface area contributed by atoms with Crippen LogP contribution in [0.25, 0.3) is 0 Å². The van der Waals surface area contributed by atoms with Gasteiger partial charge in [-0.3, -0.25) is 0 Å². The highest BCUT2D eigenvalue weighted by molar-refractivity contribution is 5.74. The summed E-state index contributed by atoms with van der Waals surface area (Å²) in [4.78, 5) is 21.2. The van der Waals surface area contributed by atoms with Gasteiger partial charge in [0.15, 0.2) is 0 Å². The molecule has 0 aromatic carbocycles. The number of ether oxygens (including phenoxy) is 1. The summed E-state index contributed by atoms with van der Waals surface area (Å²) in [6.07, 6.45) is 5.33. The molecule has 24 heavy (non-hydrogen) atoms. The Hall–Kier alpha value is -1.82. The lowest BCUT2D eigenvalue weighted by molar-refractivity contribution is 0.122. The predicted octanol–water partition coefficient (Wildman–Crippen LogP) is 2.25. The fourth-order valence-corrected chi connectivity index (χ4v) is 3.07. The summed E-state index contributed by atoms with van der Waals surface area (Å²) in [5.41, 5.74) is 1.07. The lowest BCUT2D eigenvalue weighted by Crippen LogP contribution is -2.42. The summed E-state index contributed by atoms with van der Waals surface area (Å²) in [5, 5.41) is 3.09. The zero-order valence-electron chi connectivity index (χ0n) is 14.5. The molecule has 2 fully saturated rings. The second-order valence-electron chi connectivity index (χ2n) is 6.63. The van der Waals surface area contributed by atoms with Crippen LogP contribution < -0.4 is 10.2 Å². The van der Waals surface area contributed by atoms with Crippen LogP contribution >= 0.6 is 0 Å². The van der Waals surface area contributed by atoms with Crippen LogP contribution in [0.3, 0.4) is 0 Å². The van der Waals surface area contributed by atoms with Gasteiger partial charge in [-0.15, -0.1) is 0 Å². The second-order valence-corrected chi connectivity index (χ2v) is 6.63. The Kier molecular flexibility index (Phi) is 5.91. The lowest BCUT2D eigenvalue weighted by atomic mass is 10.2. The number of carbonyl (C=O) groups excluding carboxylic acids is 1. The van der Waals surface area contributed by atoms with Crippen molar-refractivity contribution >= 4 is 11.8 Å². The molecule has 3 rings (SSSR count). The molecule has 1 aliphatic carbocycles. The molecule has 0 radical (unpaired) electrons. The van der Waals surface area contributed by atoms with Crippen LogP contribution in [0.15, 0.2) is 18.3 Å². The quantitative estimate of drug-likeness (QED) is 0.832. The molecule has 0 spiro atoms. The molecule has 6 heteroatoms. The fourth-order valence-electron chi connectivity index (χ4n) is 3.07. The largest absolute Gasteiger partial charge is 0.378 e. The van der Waals surface area contributed by atoms with E-state index in [9.17, 15) is 4.79 Å². The van der Waals surface area contributed by atoms with Crippen molar-refractivity contribution in [2.75, 3.05) is 44.3 Å². The number of carbonyl (C=O) groups is 1. The number of urea groups is 1. The minimum atomic E-state index is 0.0422. The highest BCUT2D eigenvalue weighted by Crippen LogP contribution is 2.29. The molecule has 1 N–H and O–H groups in total. The second kappa shape index (κ2) is 8.33. The smallest absolute Gasteiger partial charge is 0.317 e. The maximum absolute atomic E-state index is 12.5. The minimum Gasteiger partial charge on any atom is -0.378 e. The molecule has 1 saturated carbocycles. The Labute approximate surface area is 144 Å². The minimum absolute atomic E-state index is 0.0422. The molecule has 0 bridgehead atoms. The molecule has 1 aliphatic heterocycles. The van der Waals surface area contributed by atoms with Gasteiger partial charge in [-0.05, 0) is 31.2 Å². The van der Waals surface area contributed by atoms with Crippen LogP contribution in [0.4, 0.5) is 10.6 Å². The highest BCUT2D eigenvalue weighted by Gasteiger charge is 2.26. The Balaban J connectivity index is 1.59. The van der Waals surface area contributed by atoms with Gasteiger partial charge in [0, 0.05) is 44.5 Å². The van der Waals surface area contributed by atoms with E-state index in [1.54, 1.807) is 0 Å². The van der Waals surface area contributed by atoms with Crippen molar-refractivity contribution in [1.29, 1.82) is 0 Å². The Morgan fingerprint density at radius 3 is 2.92 bits per heavy atom. The van der Waals surface area contributed by atoms with Crippen molar-refractivity contribution in [2.45, 2.75) is 32.7 Å². The van der Waals surface area contributed by atoms with Gasteiger partial charge >= 0.3 is 6.03 Å². The maximum Gasteiger partial charge on any atom is 0.317 e. The number of morpholine rings is 1. The molecule has 2 aliphatic rings. The standard InChI is InChI=1S/C18H28N4O2/c1-2-8-22(14-15-5-6-15)18(23)20-13-16-4-3-7-19-17(16)21-9-11-24-12-10-21/h3-4,7,15H,2,5-6,8-14H2,1H3,(H,20,23). The highest BCUT2D eigenvalue weighted by atomic mass is 16.5. The third-order valence-electron chi connectivity index (χ3n) is 4.56. The van der Waals surface area contributed by atoms with Gasteiger partial charge in [0.05, 0.1) is 13.2 Å². The molecule has 2 heterocycles. The van der Waals surface area contributed by atoms with Crippen molar-refractivity contribution in [2.24, 2.45) is 5.92 Å². The molecule has 1 aromatic heterocycles. The van der Waals surface area contributed by atoms with Crippen LogP contribution in [0.1, 0.15) is 31.7 Å². The van der Waals surface area contributed by atoms with E-state index in [1.807, 2.05) is 23.2 Å². The van der Waals surface area contributed by atoms with Gasteiger partial charge in [0.25, 0.3) is 0 Å². The summed E-state index contributed by atoms with van der Waals surface area (Å²) in [5.74, 6) is 1.68. The molecule has 1 saturated heterocycles. The summed E-state index contributed by atoms with van der Waals surface area (Å²) >= 11 is 0. The SMILES string of the molecule is CCCN(CC1CC1)C(=O)NCc1cccnc1N1CCOCC1. The first-order chi connectivity index (χ1) is 11.8. The number of nitrogens with one attached hydrogen (secondary N) is 1. The van der Waals surface area contributed by atoms with Crippen LogP contribution in [-0.4, -0.2) is 55.3 Å². The topological polar surface area (TPSA) is 57.7 Å². The monoisotopic (exact) mass is 332 g/mol. The molecule has 1 aromatic rings. The Bertz CT molecular complexity index is 542. The first-order valence-electron chi connectivity index (χ1n) is 9.07. The zero-order valence-corrected chi connectivity index (χ0v) is 14.5. The van der Waals surface area contributed by atoms with Crippen molar-refractivity contribution in [3.05, 3.63) is 23.9 Å². The lowest BCUT2D eigenvalue weighted by Gasteiger charge is -2.29. The Morgan fingerprint density at radius 2 is 2.21 bits per heavy atom. The van der Waals surface area contributed by atoms with Crippen LogP contribution in [-0.2, 0) is 11.3 Å². The molecule has 2 amide bonds. The van der Waals surface area contributed by atoms with Gasteiger partial charge in [-0.25, -0.2) is 9.78 Å². The number of anilines is 1. The van der Waals surface area contributed by atoms with E-state index >= 15 is 0 Å². The van der Waals surface area contributed by atoms with E-state index in [4.69, 9.17) is 4.74 Å². The fraction of sp³-hybridized carbons (Fsp3) is 0.667. The zero-order chi connectivity index (χ0) is 16.8. The maximum atomic E-state index is 12.5. The van der Waals surface area contributed by atoms with Gasteiger partial charge in [0.2, 0.25) is 0 Å². The average molecular weight is 332 g/mol. The van der Waals surface area contributed by atoms with Crippen molar-refractivity contribution in [1.82, 2.24) is 15.2 Å². The van der Waals surface area contributed by atoms with E-state index in [0.29, 0.717) is 12.5 Å². The third kappa shape index (κ3) is 4.60. The number of pyridine rings is 1. The van der Waals surface area contributed by atoms with Crippen LogP contribution in [0.2, 0.25) is 0 Å². The molecule has 132 valence electrons. The first-order valence-corrected chi connectivity index (χ1v) is 9.07. The van der Waals surface area contributed by atoms with Crippen molar-refractivity contribution < 1.29 is 9.53 Å². The summed E-state index contributed by atoms with van der Waals surface area (Å²) in [6.45, 7) is 7.51. The first kappa shape index (κ1) is 17.0.